The Labute approximate surface area is 94.9 Å². The zero-order valence-corrected chi connectivity index (χ0v) is 9.06. The van der Waals surface area contributed by atoms with Gasteiger partial charge in [0.1, 0.15) is 0 Å². The van der Waals surface area contributed by atoms with Crippen molar-refractivity contribution in [1.29, 1.82) is 0 Å². The van der Waals surface area contributed by atoms with Gasteiger partial charge in [-0.1, -0.05) is 30.3 Å². The van der Waals surface area contributed by atoms with Crippen molar-refractivity contribution in [3.05, 3.63) is 47.7 Å². The first-order valence-electron chi connectivity index (χ1n) is 5.47. The number of Topliss-reactive ketones (excluding diaryl/α,β-unsaturated/α-hetero) is 1. The lowest BCUT2D eigenvalue weighted by molar-refractivity contribution is -0.120. The summed E-state index contributed by atoms with van der Waals surface area (Å²) in [6, 6.07) is 8.73. The molecule has 1 heterocycles. The molecule has 1 atom stereocenters. The number of ketones is 1. The van der Waals surface area contributed by atoms with Crippen molar-refractivity contribution >= 4 is 5.78 Å². The van der Waals surface area contributed by atoms with Crippen LogP contribution in [0.3, 0.4) is 0 Å². The third-order valence-electron chi connectivity index (χ3n) is 2.62. The molecule has 0 fully saturated rings. The molecule has 1 aromatic rings. The number of ether oxygens (including phenoxy) is 1. The van der Waals surface area contributed by atoms with E-state index in [0.29, 0.717) is 12.4 Å². The van der Waals surface area contributed by atoms with E-state index in [0.717, 1.165) is 18.4 Å². The molecule has 0 aromatic heterocycles. The molecule has 1 aliphatic heterocycles. The Morgan fingerprint density at radius 2 is 2.06 bits per heavy atom. The third-order valence-corrected chi connectivity index (χ3v) is 2.62. The summed E-state index contributed by atoms with van der Waals surface area (Å²) < 4.78 is 5.31. The van der Waals surface area contributed by atoms with Crippen LogP contribution in [0.25, 0.3) is 0 Å². The lowest BCUT2D eigenvalue weighted by Crippen LogP contribution is -2.25. The van der Waals surface area contributed by atoms with Crippen LogP contribution in [0.15, 0.2) is 42.2 Å². The first kappa shape index (κ1) is 10.9. The molecular formula is C13H15NO2. The fourth-order valence-electron chi connectivity index (χ4n) is 1.69. The summed E-state index contributed by atoms with van der Waals surface area (Å²) in [4.78, 5) is 12.0. The molecule has 0 radical (unpaired) electrons. The van der Waals surface area contributed by atoms with Crippen LogP contribution in [0.5, 0.6) is 0 Å². The van der Waals surface area contributed by atoms with Gasteiger partial charge >= 0.3 is 0 Å². The van der Waals surface area contributed by atoms with Crippen LogP contribution in [0, 0.1) is 0 Å². The molecule has 0 saturated carbocycles. The highest BCUT2D eigenvalue weighted by Crippen LogP contribution is 2.19. The van der Waals surface area contributed by atoms with Crippen LogP contribution in [-0.4, -0.2) is 12.4 Å². The summed E-state index contributed by atoms with van der Waals surface area (Å²) >= 11 is 0. The molecule has 2 N–H and O–H groups in total. The maximum atomic E-state index is 12.0. The minimum absolute atomic E-state index is 0.133. The highest BCUT2D eigenvalue weighted by Gasteiger charge is 2.22. The molecule has 1 aliphatic rings. The molecule has 0 saturated heterocycles. The second-order valence-electron chi connectivity index (χ2n) is 3.81. The molecule has 0 unspecified atom stereocenters. The SMILES string of the molecule is N[C@@H](C(=O)C1=CCCCO1)c1ccccc1. The summed E-state index contributed by atoms with van der Waals surface area (Å²) in [7, 11) is 0. The van der Waals surface area contributed by atoms with Crippen LogP contribution in [0.2, 0.25) is 0 Å². The fourth-order valence-corrected chi connectivity index (χ4v) is 1.69. The predicted octanol–water partition coefficient (Wildman–Crippen LogP) is 1.95. The Morgan fingerprint density at radius 1 is 1.31 bits per heavy atom. The topological polar surface area (TPSA) is 52.3 Å². The lowest BCUT2D eigenvalue weighted by atomic mass is 10.0. The van der Waals surface area contributed by atoms with E-state index in [2.05, 4.69) is 0 Å². The number of carbonyl (C=O) groups is 1. The van der Waals surface area contributed by atoms with Gasteiger partial charge in [-0.05, 0) is 24.5 Å². The number of hydrogen-bond donors (Lipinski definition) is 1. The van der Waals surface area contributed by atoms with Gasteiger partial charge in [-0.2, -0.15) is 0 Å². The minimum atomic E-state index is -0.620. The Kier molecular flexibility index (Phi) is 3.37. The summed E-state index contributed by atoms with van der Waals surface area (Å²) in [5.41, 5.74) is 6.72. The number of allylic oxidation sites excluding steroid dienone is 1. The number of benzene rings is 1. The molecule has 0 bridgehead atoms. The molecule has 2 rings (SSSR count). The monoisotopic (exact) mass is 217 g/mol. The zero-order valence-electron chi connectivity index (χ0n) is 9.06. The highest BCUT2D eigenvalue weighted by molar-refractivity contribution is 5.98. The maximum Gasteiger partial charge on any atom is 0.218 e. The zero-order chi connectivity index (χ0) is 11.4. The van der Waals surface area contributed by atoms with Gasteiger partial charge in [0.25, 0.3) is 0 Å². The van der Waals surface area contributed by atoms with Crippen LogP contribution < -0.4 is 5.73 Å². The number of carbonyl (C=O) groups excluding carboxylic acids is 1. The highest BCUT2D eigenvalue weighted by atomic mass is 16.5. The number of hydrogen-bond acceptors (Lipinski definition) is 3. The van der Waals surface area contributed by atoms with Crippen molar-refractivity contribution in [3.63, 3.8) is 0 Å². The van der Waals surface area contributed by atoms with Crippen molar-refractivity contribution in [2.75, 3.05) is 6.61 Å². The second kappa shape index (κ2) is 4.94. The van der Waals surface area contributed by atoms with Gasteiger partial charge in [-0.15, -0.1) is 0 Å². The van der Waals surface area contributed by atoms with Crippen molar-refractivity contribution < 1.29 is 9.53 Å². The molecule has 0 aliphatic carbocycles. The van der Waals surface area contributed by atoms with Crippen molar-refractivity contribution in [1.82, 2.24) is 0 Å². The van der Waals surface area contributed by atoms with Gasteiger partial charge in [0.05, 0.1) is 12.6 Å². The fraction of sp³-hybridized carbons (Fsp3) is 0.308. The number of rotatable bonds is 3. The molecule has 0 spiro atoms. The maximum absolute atomic E-state index is 12.0. The quantitative estimate of drug-likeness (QED) is 0.841. The molecular weight excluding hydrogens is 202 g/mol. The molecule has 16 heavy (non-hydrogen) atoms. The van der Waals surface area contributed by atoms with Crippen molar-refractivity contribution in [3.8, 4) is 0 Å². The van der Waals surface area contributed by atoms with Crippen LogP contribution >= 0.6 is 0 Å². The predicted molar refractivity (Wildman–Crippen MR) is 61.6 cm³/mol. The smallest absolute Gasteiger partial charge is 0.218 e. The first-order chi connectivity index (χ1) is 7.79. The van der Waals surface area contributed by atoms with Gasteiger partial charge in [0.15, 0.2) is 5.76 Å². The molecule has 0 amide bonds. The van der Waals surface area contributed by atoms with E-state index < -0.39 is 6.04 Å². The lowest BCUT2D eigenvalue weighted by Gasteiger charge is -2.17. The van der Waals surface area contributed by atoms with Crippen molar-refractivity contribution in [2.24, 2.45) is 5.73 Å². The molecule has 1 aromatic carbocycles. The Balaban J connectivity index is 2.13. The average molecular weight is 217 g/mol. The van der Waals surface area contributed by atoms with Crippen LogP contribution in [0.1, 0.15) is 24.4 Å². The Hall–Kier alpha value is -1.61. The van der Waals surface area contributed by atoms with Crippen LogP contribution in [-0.2, 0) is 9.53 Å². The van der Waals surface area contributed by atoms with E-state index in [1.54, 1.807) is 0 Å². The van der Waals surface area contributed by atoms with E-state index >= 15 is 0 Å². The summed E-state index contributed by atoms with van der Waals surface area (Å²) in [5, 5.41) is 0. The van der Waals surface area contributed by atoms with E-state index in [-0.39, 0.29) is 5.78 Å². The number of nitrogens with two attached hydrogens (primary N) is 1. The van der Waals surface area contributed by atoms with Gasteiger partial charge < -0.3 is 10.5 Å². The van der Waals surface area contributed by atoms with Gasteiger partial charge in [-0.3, -0.25) is 4.79 Å². The standard InChI is InChI=1S/C13H15NO2/c14-12(10-6-2-1-3-7-10)13(15)11-8-4-5-9-16-11/h1-3,6-8,12H,4-5,9,14H2/t12-/m1/s1. The van der Waals surface area contributed by atoms with Gasteiger partial charge in [0.2, 0.25) is 5.78 Å². The second-order valence-corrected chi connectivity index (χ2v) is 3.81. The Bertz CT molecular complexity index is 398. The van der Waals surface area contributed by atoms with Crippen molar-refractivity contribution in [2.45, 2.75) is 18.9 Å². The van der Waals surface area contributed by atoms with Crippen LogP contribution in [0.4, 0.5) is 0 Å². The van der Waals surface area contributed by atoms with E-state index in [1.165, 1.54) is 0 Å². The van der Waals surface area contributed by atoms with Gasteiger partial charge in [-0.25, -0.2) is 0 Å². The molecule has 84 valence electrons. The van der Waals surface area contributed by atoms with E-state index in [1.807, 2.05) is 36.4 Å². The van der Waals surface area contributed by atoms with E-state index in [4.69, 9.17) is 10.5 Å². The molecule has 3 heteroatoms. The summed E-state index contributed by atoms with van der Waals surface area (Å²) in [6.45, 7) is 0.610. The average Bonchev–Trinajstić information content (AvgIpc) is 2.39. The largest absolute Gasteiger partial charge is 0.490 e. The summed E-state index contributed by atoms with van der Waals surface area (Å²) in [6.07, 6.45) is 3.69. The summed E-state index contributed by atoms with van der Waals surface area (Å²) in [5.74, 6) is 0.286. The first-order valence-corrected chi connectivity index (χ1v) is 5.47. The van der Waals surface area contributed by atoms with E-state index in [9.17, 15) is 4.79 Å². The van der Waals surface area contributed by atoms with Gasteiger partial charge in [0, 0.05) is 0 Å². The molecule has 3 nitrogen and oxygen atoms in total. The normalized spacial score (nSPS) is 17.2. The Morgan fingerprint density at radius 3 is 2.69 bits per heavy atom. The third kappa shape index (κ3) is 2.31. The minimum Gasteiger partial charge on any atom is -0.490 e.